The fraction of sp³-hybridized carbons (Fsp3) is 0.167. The molecule has 0 nitrogen and oxygen atoms in total. The van der Waals surface area contributed by atoms with Crippen LogP contribution in [0, 0.1) is 5.82 Å². The fourth-order valence-corrected chi connectivity index (χ4v) is 3.25. The maximum atomic E-state index is 13.9. The zero-order valence-corrected chi connectivity index (χ0v) is 11.5. The summed E-state index contributed by atoms with van der Waals surface area (Å²) in [6, 6.07) is 4.58. The quantitative estimate of drug-likeness (QED) is 0.476. The van der Waals surface area contributed by atoms with Gasteiger partial charge in [0.15, 0.2) is 0 Å². The Morgan fingerprint density at radius 1 is 1.16 bits per heavy atom. The van der Waals surface area contributed by atoms with Gasteiger partial charge in [-0.05, 0) is 17.5 Å². The van der Waals surface area contributed by atoms with Gasteiger partial charge in [-0.15, -0.1) is 22.9 Å². The molecule has 2 aromatic rings. The van der Waals surface area contributed by atoms with Crippen molar-refractivity contribution in [3.8, 4) is 0 Å². The molecule has 0 N–H and O–H groups in total. The van der Waals surface area contributed by atoms with E-state index in [2.05, 4.69) is 0 Å². The minimum Gasteiger partial charge on any atom is -0.206 e. The highest BCUT2D eigenvalue weighted by molar-refractivity contribution is 7.11. The third-order valence-electron chi connectivity index (χ3n) is 2.48. The molecule has 0 aliphatic rings. The van der Waals surface area contributed by atoms with E-state index in [-0.39, 0.29) is 5.56 Å². The molecule has 1 unspecified atom stereocenters. The molecule has 2 rings (SSSR count). The van der Waals surface area contributed by atoms with Gasteiger partial charge in [0.05, 0.1) is 16.0 Å². The van der Waals surface area contributed by atoms with Crippen LogP contribution in [0.1, 0.15) is 21.4 Å². The van der Waals surface area contributed by atoms with Crippen LogP contribution in [0.15, 0.2) is 29.6 Å². The van der Waals surface area contributed by atoms with Crippen LogP contribution < -0.4 is 0 Å². The normalized spacial score (nSPS) is 13.6. The predicted octanol–water partition coefficient (Wildman–Crippen LogP) is 5.89. The van der Waals surface area contributed by atoms with Gasteiger partial charge in [0.2, 0.25) is 0 Å². The van der Waals surface area contributed by atoms with E-state index in [1.165, 1.54) is 6.07 Å². The lowest BCUT2D eigenvalue weighted by molar-refractivity contribution is -0.140. The standard InChI is InChI=1S/C12H6Cl2F4S/c13-8-4-5-19-11(8)9(14)6-2-1-3-7(10(6)15)12(16,17)18/h1-5,9H. The SMILES string of the molecule is Fc1c(C(Cl)c2sccc2Cl)cccc1C(F)(F)F. The van der Waals surface area contributed by atoms with Crippen LogP contribution in [0.3, 0.4) is 0 Å². The number of benzene rings is 1. The van der Waals surface area contributed by atoms with Crippen molar-refractivity contribution >= 4 is 34.5 Å². The van der Waals surface area contributed by atoms with E-state index in [0.717, 1.165) is 17.4 Å². The van der Waals surface area contributed by atoms with Gasteiger partial charge in [-0.3, -0.25) is 0 Å². The number of halogens is 6. The number of hydrogen-bond donors (Lipinski definition) is 0. The Balaban J connectivity index is 2.50. The molecule has 0 amide bonds. The molecule has 0 saturated carbocycles. The molecule has 7 heteroatoms. The van der Waals surface area contributed by atoms with Gasteiger partial charge in [0.1, 0.15) is 5.82 Å². The molecule has 0 spiro atoms. The Labute approximate surface area is 120 Å². The van der Waals surface area contributed by atoms with Crippen molar-refractivity contribution in [1.29, 1.82) is 0 Å². The highest BCUT2D eigenvalue weighted by Gasteiger charge is 2.36. The highest BCUT2D eigenvalue weighted by Crippen LogP contribution is 2.41. The van der Waals surface area contributed by atoms with Crippen LogP contribution in [0.5, 0.6) is 0 Å². The Morgan fingerprint density at radius 2 is 1.84 bits per heavy atom. The molecule has 102 valence electrons. The number of alkyl halides is 4. The maximum absolute atomic E-state index is 13.9. The molecule has 19 heavy (non-hydrogen) atoms. The van der Waals surface area contributed by atoms with Crippen molar-refractivity contribution in [1.82, 2.24) is 0 Å². The van der Waals surface area contributed by atoms with Gasteiger partial charge in [0.25, 0.3) is 0 Å². The summed E-state index contributed by atoms with van der Waals surface area (Å²) in [5.41, 5.74) is -1.57. The van der Waals surface area contributed by atoms with Crippen LogP contribution in [0.2, 0.25) is 5.02 Å². The van der Waals surface area contributed by atoms with Crippen molar-refractivity contribution in [2.75, 3.05) is 0 Å². The first-order chi connectivity index (χ1) is 8.82. The third-order valence-corrected chi connectivity index (χ3v) is 4.49. The number of hydrogen-bond acceptors (Lipinski definition) is 1. The van der Waals surface area contributed by atoms with E-state index in [1.54, 1.807) is 11.4 Å². The summed E-state index contributed by atoms with van der Waals surface area (Å²) in [6.07, 6.45) is -4.75. The Kier molecular flexibility index (Phi) is 4.08. The topological polar surface area (TPSA) is 0 Å². The second kappa shape index (κ2) is 5.31. The van der Waals surface area contributed by atoms with Gasteiger partial charge in [-0.1, -0.05) is 23.7 Å². The third kappa shape index (κ3) is 2.88. The Hall–Kier alpha value is -0.780. The van der Waals surface area contributed by atoms with Crippen LogP contribution in [-0.2, 0) is 6.18 Å². The van der Waals surface area contributed by atoms with E-state index >= 15 is 0 Å². The minimum absolute atomic E-state index is 0.235. The molecule has 0 saturated heterocycles. The summed E-state index contributed by atoms with van der Waals surface area (Å²) in [4.78, 5) is 0.418. The van der Waals surface area contributed by atoms with E-state index in [1.807, 2.05) is 0 Å². The lowest BCUT2D eigenvalue weighted by Gasteiger charge is -2.14. The number of rotatable bonds is 2. The average molecular weight is 329 g/mol. The summed E-state index contributed by atoms with van der Waals surface area (Å²) in [6.45, 7) is 0. The van der Waals surface area contributed by atoms with E-state index < -0.39 is 22.9 Å². The lowest BCUT2D eigenvalue weighted by atomic mass is 10.1. The van der Waals surface area contributed by atoms with Gasteiger partial charge in [-0.2, -0.15) is 13.2 Å². The predicted molar refractivity (Wildman–Crippen MR) is 68.4 cm³/mol. The zero-order valence-electron chi connectivity index (χ0n) is 9.14. The van der Waals surface area contributed by atoms with E-state index in [4.69, 9.17) is 23.2 Å². The smallest absolute Gasteiger partial charge is 0.206 e. The molecular weight excluding hydrogens is 323 g/mol. The molecule has 0 radical (unpaired) electrons. The summed E-state index contributed by atoms with van der Waals surface area (Å²) < 4.78 is 51.7. The first-order valence-electron chi connectivity index (χ1n) is 5.05. The molecule has 1 aromatic heterocycles. The lowest BCUT2D eigenvalue weighted by Crippen LogP contribution is -2.10. The molecule has 1 atom stereocenters. The van der Waals surface area contributed by atoms with Crippen molar-refractivity contribution in [2.45, 2.75) is 11.6 Å². The average Bonchev–Trinajstić information content (AvgIpc) is 2.73. The summed E-state index contributed by atoms with van der Waals surface area (Å²) in [5, 5.41) is 0.898. The largest absolute Gasteiger partial charge is 0.419 e. The van der Waals surface area contributed by atoms with E-state index in [0.29, 0.717) is 16.0 Å². The van der Waals surface area contributed by atoms with Crippen LogP contribution in [-0.4, -0.2) is 0 Å². The van der Waals surface area contributed by atoms with Crippen molar-refractivity contribution < 1.29 is 17.6 Å². The van der Waals surface area contributed by atoms with Gasteiger partial charge in [0, 0.05) is 10.4 Å². The summed E-state index contributed by atoms with van der Waals surface area (Å²) in [5.74, 6) is -1.36. The van der Waals surface area contributed by atoms with Crippen molar-refractivity contribution in [2.24, 2.45) is 0 Å². The van der Waals surface area contributed by atoms with Crippen molar-refractivity contribution in [3.63, 3.8) is 0 Å². The first kappa shape index (κ1) is 14.6. The molecule has 1 heterocycles. The summed E-state index contributed by atoms with van der Waals surface area (Å²) >= 11 is 13.0. The second-order valence-corrected chi connectivity index (χ2v) is 5.49. The highest BCUT2D eigenvalue weighted by atomic mass is 35.5. The van der Waals surface area contributed by atoms with Gasteiger partial charge >= 0.3 is 6.18 Å². The second-order valence-electron chi connectivity index (χ2n) is 3.70. The van der Waals surface area contributed by atoms with Crippen LogP contribution >= 0.6 is 34.5 Å². The fourth-order valence-electron chi connectivity index (χ4n) is 1.59. The number of thiophene rings is 1. The monoisotopic (exact) mass is 328 g/mol. The Bertz CT molecular complexity index is 592. The first-order valence-corrected chi connectivity index (χ1v) is 6.74. The van der Waals surface area contributed by atoms with E-state index in [9.17, 15) is 17.6 Å². The molecule has 0 fully saturated rings. The molecular formula is C12H6Cl2F4S. The Morgan fingerprint density at radius 3 is 2.37 bits per heavy atom. The van der Waals surface area contributed by atoms with Crippen LogP contribution in [0.25, 0.3) is 0 Å². The maximum Gasteiger partial charge on any atom is 0.419 e. The minimum atomic E-state index is -4.75. The molecule has 0 aliphatic heterocycles. The van der Waals surface area contributed by atoms with Crippen LogP contribution in [0.4, 0.5) is 17.6 Å². The van der Waals surface area contributed by atoms with Gasteiger partial charge < -0.3 is 0 Å². The zero-order chi connectivity index (χ0) is 14.2. The van der Waals surface area contributed by atoms with Crippen molar-refractivity contribution in [3.05, 3.63) is 56.5 Å². The molecule has 1 aromatic carbocycles. The van der Waals surface area contributed by atoms with Gasteiger partial charge in [-0.25, -0.2) is 4.39 Å². The molecule has 0 aliphatic carbocycles. The molecule has 0 bridgehead atoms. The summed E-state index contributed by atoms with van der Waals surface area (Å²) in [7, 11) is 0.